The quantitative estimate of drug-likeness (QED) is 0.903. The van der Waals surface area contributed by atoms with Gasteiger partial charge in [-0.3, -0.25) is 0 Å². The van der Waals surface area contributed by atoms with Crippen molar-refractivity contribution in [3.05, 3.63) is 29.8 Å². The van der Waals surface area contributed by atoms with E-state index in [9.17, 15) is 13.2 Å². The van der Waals surface area contributed by atoms with Crippen molar-refractivity contribution in [2.75, 3.05) is 24.6 Å². The van der Waals surface area contributed by atoms with Gasteiger partial charge in [0.25, 0.3) is 0 Å². The summed E-state index contributed by atoms with van der Waals surface area (Å²) in [5, 5.41) is 2.81. The second kappa shape index (κ2) is 7.21. The van der Waals surface area contributed by atoms with E-state index >= 15 is 0 Å². The number of benzene rings is 1. The summed E-state index contributed by atoms with van der Waals surface area (Å²) in [7, 11) is -3.02. The van der Waals surface area contributed by atoms with E-state index in [1.54, 1.807) is 11.8 Å². The van der Waals surface area contributed by atoms with Gasteiger partial charge in [0.2, 0.25) is 0 Å². The lowest BCUT2D eigenvalue weighted by Crippen LogP contribution is -2.54. The average molecular weight is 340 g/mol. The summed E-state index contributed by atoms with van der Waals surface area (Å²) in [6, 6.07) is 7.18. The van der Waals surface area contributed by atoms with Crippen LogP contribution in [0.15, 0.2) is 24.3 Å². The third kappa shape index (κ3) is 5.13. The predicted molar refractivity (Wildman–Crippen MR) is 89.5 cm³/mol. The molecule has 23 heavy (non-hydrogen) atoms. The van der Waals surface area contributed by atoms with Crippen molar-refractivity contribution in [1.29, 1.82) is 0 Å². The Hall–Kier alpha value is -1.76. The third-order valence-electron chi connectivity index (χ3n) is 3.83. The molecule has 7 heteroatoms. The second-order valence-corrected chi connectivity index (χ2v) is 8.31. The fourth-order valence-electron chi connectivity index (χ4n) is 2.52. The SMILES string of the molecule is Cc1ccc(O[C@H](C)CNC(=O)N2CCS(=O)(=O)C[C@H]2C)cc1. The van der Waals surface area contributed by atoms with Crippen LogP contribution in [-0.4, -0.2) is 56.1 Å². The monoisotopic (exact) mass is 340 g/mol. The largest absolute Gasteiger partial charge is 0.489 e. The zero-order valence-electron chi connectivity index (χ0n) is 13.8. The van der Waals surface area contributed by atoms with E-state index in [1.165, 1.54) is 0 Å². The van der Waals surface area contributed by atoms with Crippen LogP contribution in [0.25, 0.3) is 0 Å². The van der Waals surface area contributed by atoms with Crippen molar-refractivity contribution in [2.24, 2.45) is 0 Å². The van der Waals surface area contributed by atoms with Crippen molar-refractivity contribution in [3.63, 3.8) is 0 Å². The molecule has 2 rings (SSSR count). The first-order chi connectivity index (χ1) is 10.8. The Bertz CT molecular complexity index is 643. The van der Waals surface area contributed by atoms with Gasteiger partial charge in [0.15, 0.2) is 9.84 Å². The number of rotatable bonds is 4. The summed E-state index contributed by atoms with van der Waals surface area (Å²) in [6.45, 7) is 6.24. The summed E-state index contributed by atoms with van der Waals surface area (Å²) < 4.78 is 28.8. The highest BCUT2D eigenvalue weighted by Gasteiger charge is 2.31. The van der Waals surface area contributed by atoms with Gasteiger partial charge in [0, 0.05) is 12.6 Å². The highest BCUT2D eigenvalue weighted by Crippen LogP contribution is 2.14. The van der Waals surface area contributed by atoms with Crippen LogP contribution in [0.3, 0.4) is 0 Å². The van der Waals surface area contributed by atoms with Crippen LogP contribution in [0.2, 0.25) is 0 Å². The predicted octanol–water partition coefficient (Wildman–Crippen LogP) is 1.59. The van der Waals surface area contributed by atoms with Crippen molar-refractivity contribution in [3.8, 4) is 5.75 Å². The molecule has 0 radical (unpaired) electrons. The van der Waals surface area contributed by atoms with Crippen LogP contribution in [0.1, 0.15) is 19.4 Å². The molecule has 0 saturated carbocycles. The maximum Gasteiger partial charge on any atom is 0.317 e. The number of nitrogens with one attached hydrogen (secondary N) is 1. The first kappa shape index (κ1) is 17.6. The van der Waals surface area contributed by atoms with Crippen LogP contribution in [0.4, 0.5) is 4.79 Å². The van der Waals surface area contributed by atoms with E-state index in [2.05, 4.69) is 5.32 Å². The highest BCUT2D eigenvalue weighted by atomic mass is 32.2. The molecule has 1 aromatic rings. The lowest BCUT2D eigenvalue weighted by atomic mass is 10.2. The Morgan fingerprint density at radius 1 is 1.39 bits per heavy atom. The standard InChI is InChI=1S/C16H24N2O4S/c1-12-4-6-15(7-5-12)22-14(3)10-17-16(19)18-8-9-23(20,21)11-13(18)2/h4-7,13-14H,8-11H2,1-3H3,(H,17,19)/t13-,14-/m1/s1. The molecule has 1 aromatic carbocycles. The van der Waals surface area contributed by atoms with E-state index in [4.69, 9.17) is 4.74 Å². The fourth-order valence-corrected chi connectivity index (χ4v) is 4.08. The minimum atomic E-state index is -3.02. The molecular formula is C16H24N2O4S. The van der Waals surface area contributed by atoms with Crippen molar-refractivity contribution in [1.82, 2.24) is 10.2 Å². The van der Waals surface area contributed by atoms with E-state index in [1.807, 2.05) is 38.1 Å². The molecule has 1 aliphatic heterocycles. The van der Waals surface area contributed by atoms with E-state index in [0.717, 1.165) is 11.3 Å². The van der Waals surface area contributed by atoms with Crippen LogP contribution in [0, 0.1) is 6.92 Å². The molecule has 0 aliphatic carbocycles. The zero-order chi connectivity index (χ0) is 17.0. The zero-order valence-corrected chi connectivity index (χ0v) is 14.6. The van der Waals surface area contributed by atoms with Gasteiger partial charge in [0.05, 0.1) is 18.1 Å². The molecular weight excluding hydrogens is 316 g/mol. The maximum atomic E-state index is 12.2. The van der Waals surface area contributed by atoms with Crippen LogP contribution < -0.4 is 10.1 Å². The molecule has 0 aromatic heterocycles. The molecule has 0 bridgehead atoms. The van der Waals surface area contributed by atoms with Crippen molar-refractivity contribution >= 4 is 15.9 Å². The molecule has 2 amide bonds. The molecule has 1 fully saturated rings. The number of carbonyl (C=O) groups is 1. The smallest absolute Gasteiger partial charge is 0.317 e. The van der Waals surface area contributed by atoms with Gasteiger partial charge in [-0.25, -0.2) is 13.2 Å². The van der Waals surface area contributed by atoms with E-state index in [0.29, 0.717) is 6.54 Å². The molecule has 128 valence electrons. The Morgan fingerprint density at radius 2 is 2.04 bits per heavy atom. The van der Waals surface area contributed by atoms with Gasteiger partial charge in [-0.2, -0.15) is 0 Å². The number of aryl methyl sites for hydroxylation is 1. The number of carbonyl (C=O) groups excluding carboxylic acids is 1. The lowest BCUT2D eigenvalue weighted by molar-refractivity contribution is 0.172. The first-order valence-electron chi connectivity index (χ1n) is 7.75. The minimum Gasteiger partial charge on any atom is -0.489 e. The Labute approximate surface area is 137 Å². The number of sulfone groups is 1. The molecule has 1 aliphatic rings. The molecule has 0 unspecified atom stereocenters. The Balaban J connectivity index is 1.80. The van der Waals surface area contributed by atoms with E-state index in [-0.39, 0.29) is 36.2 Å². The minimum absolute atomic E-state index is 0.0237. The van der Waals surface area contributed by atoms with Crippen molar-refractivity contribution in [2.45, 2.75) is 32.9 Å². The number of ether oxygens (including phenoxy) is 1. The van der Waals surface area contributed by atoms with Gasteiger partial charge in [-0.1, -0.05) is 17.7 Å². The number of hydrogen-bond acceptors (Lipinski definition) is 4. The normalized spacial score (nSPS) is 21.5. The van der Waals surface area contributed by atoms with E-state index < -0.39 is 9.84 Å². The summed E-state index contributed by atoms with van der Waals surface area (Å²) in [5.41, 5.74) is 1.16. The molecule has 0 spiro atoms. The van der Waals surface area contributed by atoms with Gasteiger partial charge in [-0.05, 0) is 32.9 Å². The first-order valence-corrected chi connectivity index (χ1v) is 9.57. The number of nitrogens with zero attached hydrogens (tertiary/aromatic N) is 1. The molecule has 1 saturated heterocycles. The maximum absolute atomic E-state index is 12.2. The van der Waals surface area contributed by atoms with Crippen LogP contribution in [-0.2, 0) is 9.84 Å². The summed E-state index contributed by atoms with van der Waals surface area (Å²) in [5.74, 6) is 0.811. The fraction of sp³-hybridized carbons (Fsp3) is 0.562. The van der Waals surface area contributed by atoms with Crippen molar-refractivity contribution < 1.29 is 17.9 Å². The third-order valence-corrected chi connectivity index (χ3v) is 5.63. The van der Waals surface area contributed by atoms with Gasteiger partial charge in [0.1, 0.15) is 11.9 Å². The van der Waals surface area contributed by atoms with Gasteiger partial charge in [-0.15, -0.1) is 0 Å². The van der Waals surface area contributed by atoms with Gasteiger partial charge >= 0.3 is 6.03 Å². The average Bonchev–Trinajstić information content (AvgIpc) is 2.46. The number of amides is 2. The molecule has 6 nitrogen and oxygen atoms in total. The lowest BCUT2D eigenvalue weighted by Gasteiger charge is -2.33. The number of urea groups is 1. The Morgan fingerprint density at radius 3 is 2.65 bits per heavy atom. The molecule has 2 atom stereocenters. The topological polar surface area (TPSA) is 75.7 Å². The van der Waals surface area contributed by atoms with Crippen LogP contribution >= 0.6 is 0 Å². The number of hydrogen-bond donors (Lipinski definition) is 1. The molecule has 1 N–H and O–H groups in total. The van der Waals surface area contributed by atoms with Crippen LogP contribution in [0.5, 0.6) is 5.75 Å². The second-order valence-electron chi connectivity index (χ2n) is 6.08. The summed E-state index contributed by atoms with van der Waals surface area (Å²) >= 11 is 0. The Kier molecular flexibility index (Phi) is 5.51. The summed E-state index contributed by atoms with van der Waals surface area (Å²) in [6.07, 6.45) is -0.175. The highest BCUT2D eigenvalue weighted by molar-refractivity contribution is 7.91. The summed E-state index contributed by atoms with van der Waals surface area (Å²) in [4.78, 5) is 13.8. The molecule has 1 heterocycles. The van der Waals surface area contributed by atoms with Gasteiger partial charge < -0.3 is 15.0 Å².